The number of anilines is 1. The van der Waals surface area contributed by atoms with E-state index in [4.69, 9.17) is 10.5 Å². The molecule has 0 saturated carbocycles. The SMILES string of the molecule is COc1ccccc1CNC(=O)CSc1sc(N)nc1C. The second-order valence-electron chi connectivity index (χ2n) is 4.30. The third-order valence-electron chi connectivity index (χ3n) is 2.77. The molecule has 3 N–H and O–H groups in total. The van der Waals surface area contributed by atoms with Crippen LogP contribution in [0.4, 0.5) is 5.13 Å². The van der Waals surface area contributed by atoms with Crippen molar-refractivity contribution in [2.24, 2.45) is 0 Å². The molecule has 0 aliphatic heterocycles. The van der Waals surface area contributed by atoms with Crippen LogP contribution in [0.25, 0.3) is 0 Å². The Morgan fingerprint density at radius 1 is 1.48 bits per heavy atom. The van der Waals surface area contributed by atoms with Crippen molar-refractivity contribution in [3.63, 3.8) is 0 Å². The monoisotopic (exact) mass is 323 g/mol. The average Bonchev–Trinajstić information content (AvgIpc) is 2.81. The summed E-state index contributed by atoms with van der Waals surface area (Å²) in [4.78, 5) is 16.0. The highest BCUT2D eigenvalue weighted by Crippen LogP contribution is 2.30. The molecule has 0 saturated heterocycles. The van der Waals surface area contributed by atoms with Gasteiger partial charge in [0.25, 0.3) is 0 Å². The molecule has 0 atom stereocenters. The number of nitrogen functional groups attached to an aromatic ring is 1. The van der Waals surface area contributed by atoms with Crippen molar-refractivity contribution in [3.05, 3.63) is 35.5 Å². The number of rotatable bonds is 6. The summed E-state index contributed by atoms with van der Waals surface area (Å²) in [6.07, 6.45) is 0. The Hall–Kier alpha value is -1.73. The van der Waals surface area contributed by atoms with E-state index in [1.807, 2.05) is 31.2 Å². The Bertz CT molecular complexity index is 628. The van der Waals surface area contributed by atoms with Crippen molar-refractivity contribution >= 4 is 34.1 Å². The summed E-state index contributed by atoms with van der Waals surface area (Å²) in [6, 6.07) is 7.62. The molecule has 0 bridgehead atoms. The number of carbonyl (C=O) groups is 1. The number of hydrogen-bond donors (Lipinski definition) is 2. The van der Waals surface area contributed by atoms with Crippen LogP contribution in [-0.4, -0.2) is 23.8 Å². The summed E-state index contributed by atoms with van der Waals surface area (Å²) in [5.74, 6) is 1.09. The lowest BCUT2D eigenvalue weighted by molar-refractivity contribution is -0.118. The second kappa shape index (κ2) is 7.33. The van der Waals surface area contributed by atoms with Crippen LogP contribution in [0.15, 0.2) is 28.5 Å². The Kier molecular flexibility index (Phi) is 5.46. The van der Waals surface area contributed by atoms with Crippen LogP contribution in [0.3, 0.4) is 0 Å². The average molecular weight is 323 g/mol. The molecule has 5 nitrogen and oxygen atoms in total. The molecule has 1 amide bonds. The predicted molar refractivity (Wildman–Crippen MR) is 86.8 cm³/mol. The first-order valence-electron chi connectivity index (χ1n) is 6.34. The molecule has 21 heavy (non-hydrogen) atoms. The number of thiazole rings is 1. The number of carbonyl (C=O) groups excluding carboxylic acids is 1. The summed E-state index contributed by atoms with van der Waals surface area (Å²) in [5, 5.41) is 3.42. The fourth-order valence-corrected chi connectivity index (χ4v) is 3.61. The predicted octanol–water partition coefficient (Wildman–Crippen LogP) is 2.45. The van der Waals surface area contributed by atoms with Crippen molar-refractivity contribution in [2.45, 2.75) is 17.7 Å². The summed E-state index contributed by atoms with van der Waals surface area (Å²) in [7, 11) is 1.62. The van der Waals surface area contributed by atoms with E-state index >= 15 is 0 Å². The fraction of sp³-hybridized carbons (Fsp3) is 0.286. The van der Waals surface area contributed by atoms with E-state index in [2.05, 4.69) is 10.3 Å². The lowest BCUT2D eigenvalue weighted by Crippen LogP contribution is -2.24. The number of para-hydroxylation sites is 1. The molecule has 1 aromatic carbocycles. The smallest absolute Gasteiger partial charge is 0.230 e. The summed E-state index contributed by atoms with van der Waals surface area (Å²) in [6.45, 7) is 2.34. The Morgan fingerprint density at radius 3 is 2.90 bits per heavy atom. The number of aryl methyl sites for hydroxylation is 1. The maximum Gasteiger partial charge on any atom is 0.230 e. The second-order valence-corrected chi connectivity index (χ2v) is 6.58. The van der Waals surface area contributed by atoms with E-state index in [0.29, 0.717) is 17.4 Å². The van der Waals surface area contributed by atoms with Crippen molar-refractivity contribution in [1.82, 2.24) is 10.3 Å². The van der Waals surface area contributed by atoms with E-state index in [1.165, 1.54) is 23.1 Å². The number of nitrogens with two attached hydrogens (primary N) is 1. The first-order chi connectivity index (χ1) is 10.1. The molecule has 2 aromatic rings. The van der Waals surface area contributed by atoms with Crippen LogP contribution in [0.1, 0.15) is 11.3 Å². The largest absolute Gasteiger partial charge is 0.496 e. The molecule has 7 heteroatoms. The molecular formula is C14H17N3O2S2. The zero-order valence-corrected chi connectivity index (χ0v) is 13.5. The standard InChI is InChI=1S/C14H17N3O2S2/c1-9-13(21-14(15)17-9)20-8-12(18)16-7-10-5-3-4-6-11(10)19-2/h3-6H,7-8H2,1-2H3,(H2,15,17)(H,16,18). The van der Waals surface area contributed by atoms with Crippen molar-refractivity contribution in [1.29, 1.82) is 0 Å². The Labute approximate surface area is 131 Å². The number of amides is 1. The molecule has 1 aromatic heterocycles. The number of hydrogen-bond acceptors (Lipinski definition) is 6. The molecule has 112 valence electrons. The normalized spacial score (nSPS) is 10.4. The minimum absolute atomic E-state index is 0.0303. The van der Waals surface area contributed by atoms with Gasteiger partial charge in [-0.15, -0.1) is 11.8 Å². The number of aromatic nitrogens is 1. The lowest BCUT2D eigenvalue weighted by atomic mass is 10.2. The van der Waals surface area contributed by atoms with Gasteiger partial charge in [0.2, 0.25) is 5.91 Å². The van der Waals surface area contributed by atoms with E-state index in [9.17, 15) is 4.79 Å². The molecule has 0 unspecified atom stereocenters. The van der Waals surface area contributed by atoms with Crippen LogP contribution in [0, 0.1) is 6.92 Å². The van der Waals surface area contributed by atoms with Gasteiger partial charge >= 0.3 is 0 Å². The lowest BCUT2D eigenvalue weighted by Gasteiger charge is -2.09. The van der Waals surface area contributed by atoms with Crippen molar-refractivity contribution in [2.75, 3.05) is 18.6 Å². The third-order valence-corrected chi connectivity index (χ3v) is 5.12. The fourth-order valence-electron chi connectivity index (χ4n) is 1.76. The highest BCUT2D eigenvalue weighted by molar-refractivity contribution is 8.01. The molecule has 0 spiro atoms. The van der Waals surface area contributed by atoms with Gasteiger partial charge in [-0.3, -0.25) is 4.79 Å². The third kappa shape index (κ3) is 4.37. The summed E-state index contributed by atoms with van der Waals surface area (Å²) >= 11 is 2.86. The number of benzene rings is 1. The van der Waals surface area contributed by atoms with Gasteiger partial charge in [0.15, 0.2) is 5.13 Å². The van der Waals surface area contributed by atoms with Gasteiger partial charge in [-0.2, -0.15) is 0 Å². The minimum atomic E-state index is -0.0303. The number of nitrogens with one attached hydrogen (secondary N) is 1. The molecular weight excluding hydrogens is 306 g/mol. The highest BCUT2D eigenvalue weighted by Gasteiger charge is 2.09. The van der Waals surface area contributed by atoms with Gasteiger partial charge in [-0.1, -0.05) is 29.5 Å². The number of ether oxygens (including phenoxy) is 1. The van der Waals surface area contributed by atoms with Crippen LogP contribution in [0.2, 0.25) is 0 Å². The van der Waals surface area contributed by atoms with Gasteiger partial charge in [0.1, 0.15) is 5.75 Å². The molecule has 2 rings (SSSR count). The van der Waals surface area contributed by atoms with Crippen LogP contribution < -0.4 is 15.8 Å². The van der Waals surface area contributed by atoms with Gasteiger partial charge in [0, 0.05) is 12.1 Å². The van der Waals surface area contributed by atoms with E-state index in [0.717, 1.165) is 21.2 Å². The van der Waals surface area contributed by atoms with Crippen LogP contribution >= 0.6 is 23.1 Å². The molecule has 0 aliphatic carbocycles. The topological polar surface area (TPSA) is 77.2 Å². The quantitative estimate of drug-likeness (QED) is 0.799. The van der Waals surface area contributed by atoms with Crippen LogP contribution in [-0.2, 0) is 11.3 Å². The summed E-state index contributed by atoms with van der Waals surface area (Å²) in [5.41, 5.74) is 7.46. The first-order valence-corrected chi connectivity index (χ1v) is 8.14. The van der Waals surface area contributed by atoms with Gasteiger partial charge in [-0.05, 0) is 13.0 Å². The minimum Gasteiger partial charge on any atom is -0.496 e. The van der Waals surface area contributed by atoms with Gasteiger partial charge in [0.05, 0.1) is 22.8 Å². The van der Waals surface area contributed by atoms with Gasteiger partial charge in [-0.25, -0.2) is 4.98 Å². The number of methoxy groups -OCH3 is 1. The van der Waals surface area contributed by atoms with Crippen LogP contribution in [0.5, 0.6) is 5.75 Å². The molecule has 0 aliphatic rings. The highest BCUT2D eigenvalue weighted by atomic mass is 32.2. The zero-order chi connectivity index (χ0) is 15.2. The zero-order valence-electron chi connectivity index (χ0n) is 11.9. The maximum absolute atomic E-state index is 11.9. The molecule has 1 heterocycles. The maximum atomic E-state index is 11.9. The Morgan fingerprint density at radius 2 is 2.24 bits per heavy atom. The first kappa shape index (κ1) is 15.7. The summed E-state index contributed by atoms with van der Waals surface area (Å²) < 4.78 is 6.23. The van der Waals surface area contributed by atoms with E-state index in [1.54, 1.807) is 7.11 Å². The van der Waals surface area contributed by atoms with Crippen molar-refractivity contribution in [3.8, 4) is 5.75 Å². The number of thioether (sulfide) groups is 1. The Balaban J connectivity index is 1.84. The van der Waals surface area contributed by atoms with Gasteiger partial charge < -0.3 is 15.8 Å². The molecule has 0 fully saturated rings. The molecule has 0 radical (unpaired) electrons. The van der Waals surface area contributed by atoms with E-state index in [-0.39, 0.29) is 5.91 Å². The van der Waals surface area contributed by atoms with E-state index < -0.39 is 0 Å². The van der Waals surface area contributed by atoms with Crippen molar-refractivity contribution < 1.29 is 9.53 Å². The number of nitrogens with zero attached hydrogens (tertiary/aromatic N) is 1.